The molecule has 1 amide bonds. The van der Waals surface area contributed by atoms with Crippen molar-refractivity contribution < 1.29 is 28.8 Å². The number of H-pyrrole nitrogens is 1. The molecule has 8 rings (SSSR count). The zero-order valence-corrected chi connectivity index (χ0v) is 32.1. The zero-order valence-electron chi connectivity index (χ0n) is 30.6. The fraction of sp³-hybridized carbons (Fsp3) is 0.333. The third-order valence-electron chi connectivity index (χ3n) is 10.6. The quantitative estimate of drug-likeness (QED) is 0.129. The van der Waals surface area contributed by atoms with Crippen LogP contribution in [-0.2, 0) is 29.5 Å². The molecule has 0 unspecified atom stereocenters. The minimum absolute atomic E-state index is 0.100. The molecule has 2 aromatic heterocycles. The molecule has 3 aliphatic heterocycles. The Morgan fingerprint density at radius 1 is 0.907 bits per heavy atom. The van der Waals surface area contributed by atoms with Crippen LogP contribution < -0.4 is 15.0 Å². The van der Waals surface area contributed by atoms with E-state index in [1.807, 2.05) is 86.6 Å². The average Bonchev–Trinajstić information content (AvgIpc) is 3.56. The summed E-state index contributed by atoms with van der Waals surface area (Å²) in [6.45, 7) is 7.11. The molecule has 54 heavy (non-hydrogen) atoms. The highest BCUT2D eigenvalue weighted by molar-refractivity contribution is 6.35. The van der Waals surface area contributed by atoms with Gasteiger partial charge >= 0.3 is 12.1 Å². The van der Waals surface area contributed by atoms with Crippen molar-refractivity contribution in [1.82, 2.24) is 20.0 Å². The number of nitrogens with one attached hydrogen (secondary N) is 2. The van der Waals surface area contributed by atoms with E-state index in [0.717, 1.165) is 60.3 Å². The lowest BCUT2D eigenvalue weighted by Crippen LogP contribution is -2.52. The summed E-state index contributed by atoms with van der Waals surface area (Å²) in [6.07, 6.45) is 4.49. The lowest BCUT2D eigenvalue weighted by molar-refractivity contribution is -0.377. The van der Waals surface area contributed by atoms with Crippen molar-refractivity contribution in [2.75, 3.05) is 19.6 Å². The minimum atomic E-state index is -0.669. The number of amides is 1. The van der Waals surface area contributed by atoms with Crippen LogP contribution in [0.2, 0.25) is 10.0 Å². The summed E-state index contributed by atoms with van der Waals surface area (Å²) < 4.78 is 19.9. The van der Waals surface area contributed by atoms with E-state index in [-0.39, 0.29) is 24.8 Å². The number of piperidine rings is 3. The summed E-state index contributed by atoms with van der Waals surface area (Å²) in [5.41, 5.74) is 6.26. The Bertz CT molecular complexity index is 2100. The van der Waals surface area contributed by atoms with E-state index in [1.165, 1.54) is 0 Å². The van der Waals surface area contributed by atoms with Crippen molar-refractivity contribution in [3.05, 3.63) is 146 Å². The number of carbonyl (C=O) groups excluding carboxylic acids is 2. The Morgan fingerprint density at radius 2 is 1.65 bits per heavy atom. The number of aromatic amines is 1. The first-order chi connectivity index (χ1) is 26.1. The first-order valence-electron chi connectivity index (χ1n) is 18.2. The van der Waals surface area contributed by atoms with Gasteiger partial charge in [-0.15, -0.1) is 0 Å². The van der Waals surface area contributed by atoms with E-state index in [4.69, 9.17) is 37.4 Å². The molecule has 3 aliphatic rings. The van der Waals surface area contributed by atoms with Crippen LogP contribution in [0.15, 0.2) is 91.3 Å². The largest absolute Gasteiger partial charge is 0.487 e. The predicted molar refractivity (Wildman–Crippen MR) is 206 cm³/mol. The van der Waals surface area contributed by atoms with Gasteiger partial charge in [-0.2, -0.15) is 5.10 Å². The topological polar surface area (TPSA) is 109 Å². The molecule has 0 spiro atoms. The molecule has 2 bridgehead atoms. The maximum Gasteiger partial charge on any atom is 0.408 e. The smallest absolute Gasteiger partial charge is 0.408 e. The van der Waals surface area contributed by atoms with Crippen molar-refractivity contribution in [3.8, 4) is 5.75 Å². The van der Waals surface area contributed by atoms with E-state index in [2.05, 4.69) is 20.3 Å². The second kappa shape index (κ2) is 16.6. The lowest BCUT2D eigenvalue weighted by Gasteiger charge is -2.43. The van der Waals surface area contributed by atoms with Crippen LogP contribution in [0.25, 0.3) is 0 Å². The highest BCUT2D eigenvalue weighted by Crippen LogP contribution is 2.33. The van der Waals surface area contributed by atoms with Crippen LogP contribution in [-0.4, -0.2) is 52.5 Å². The number of hydrogen-bond acceptors (Lipinski definition) is 7. The summed E-state index contributed by atoms with van der Waals surface area (Å²) in [4.78, 5) is 32.2. The predicted octanol–water partition coefficient (Wildman–Crippen LogP) is 7.79. The van der Waals surface area contributed by atoms with Crippen LogP contribution >= 0.6 is 23.2 Å². The monoisotopic (exact) mass is 768 g/mol. The van der Waals surface area contributed by atoms with Gasteiger partial charge in [0.2, 0.25) is 0 Å². The first-order valence-corrected chi connectivity index (χ1v) is 19.0. The van der Waals surface area contributed by atoms with Crippen molar-refractivity contribution in [2.24, 2.45) is 13.0 Å². The number of halogens is 2. The van der Waals surface area contributed by atoms with Gasteiger partial charge in [0.15, 0.2) is 18.1 Å². The molecule has 0 aliphatic carbocycles. The molecule has 12 heteroatoms. The number of aryl methyl sites for hydroxylation is 3. The number of aromatic nitrogens is 3. The molecule has 5 heterocycles. The Hall–Kier alpha value is -4.90. The Labute approximate surface area is 325 Å². The van der Waals surface area contributed by atoms with Crippen LogP contribution in [0.1, 0.15) is 74.6 Å². The van der Waals surface area contributed by atoms with Gasteiger partial charge in [-0.25, -0.2) is 14.6 Å². The summed E-state index contributed by atoms with van der Waals surface area (Å²) in [7, 11) is 1.75. The molecule has 3 aromatic carbocycles. The fourth-order valence-electron chi connectivity index (χ4n) is 7.26. The molecule has 10 nitrogen and oxygen atoms in total. The minimum Gasteiger partial charge on any atom is -0.487 e. The number of esters is 1. The maximum atomic E-state index is 13.6. The van der Waals surface area contributed by atoms with Crippen molar-refractivity contribution >= 4 is 35.3 Å². The number of hydrogen-bond donors (Lipinski definition) is 1. The van der Waals surface area contributed by atoms with Crippen LogP contribution in [0.4, 0.5) is 4.79 Å². The number of pyridine rings is 1. The summed E-state index contributed by atoms with van der Waals surface area (Å²) in [5, 5.41) is 8.48. The van der Waals surface area contributed by atoms with Gasteiger partial charge in [0, 0.05) is 25.6 Å². The molecule has 3 saturated heterocycles. The van der Waals surface area contributed by atoms with Gasteiger partial charge in [-0.1, -0.05) is 83.9 Å². The Balaban J connectivity index is 1.04. The SMILES string of the molecule is Cc1ccc([C@H](Cc2c(Cl)c[nH+]cc2Cl)OC(=O)c2cc(COc3cccc([C@@H](NC(=O)O[C@H]4CN5CCC4CC5)c4ccccc4)c3)n(C)n2)cc1C. The van der Waals surface area contributed by atoms with E-state index in [9.17, 15) is 9.59 Å². The highest BCUT2D eigenvalue weighted by Gasteiger charge is 2.37. The number of nitrogens with zero attached hydrogens (tertiary/aromatic N) is 3. The van der Waals surface area contributed by atoms with E-state index in [0.29, 0.717) is 33.0 Å². The maximum absolute atomic E-state index is 13.6. The van der Waals surface area contributed by atoms with Crippen molar-refractivity contribution in [3.63, 3.8) is 0 Å². The number of rotatable bonds is 12. The molecule has 3 atom stereocenters. The average molecular weight is 770 g/mol. The van der Waals surface area contributed by atoms with E-state index >= 15 is 0 Å². The van der Waals surface area contributed by atoms with Crippen molar-refractivity contribution in [2.45, 2.75) is 58.0 Å². The van der Waals surface area contributed by atoms with Gasteiger partial charge in [0.1, 0.15) is 34.6 Å². The molecule has 5 aromatic rings. The fourth-order valence-corrected chi connectivity index (χ4v) is 7.79. The number of fused-ring (bicyclic) bond motifs is 3. The lowest BCUT2D eigenvalue weighted by atomic mass is 9.86. The van der Waals surface area contributed by atoms with Gasteiger partial charge in [0.25, 0.3) is 0 Å². The standard InChI is InChI=1S/C42H43Cl2N5O5/c1-26-12-13-30(18-27(26)2)38(21-34-35(43)22-45-23-36(34)44)53-41(50)37-20-32(48(3)47-37)25-52-33-11-7-10-31(19-33)40(29-8-5-4-6-9-29)46-42(51)54-39-24-49-16-14-28(39)15-17-49/h4-13,18-20,22-23,28,38-40H,14-17,21,24-25H2,1-3H3,(H,46,51)/p+1/t38-,39-,40-/m0/s1. The normalized spacial score (nSPS) is 18.8. The van der Waals surface area contributed by atoms with Gasteiger partial charge in [0.05, 0.1) is 11.7 Å². The van der Waals surface area contributed by atoms with Crippen LogP contribution in [0.5, 0.6) is 5.75 Å². The molecular formula is C42H44Cl2N5O5+. The molecule has 0 saturated carbocycles. The zero-order chi connectivity index (χ0) is 37.8. The Morgan fingerprint density at radius 3 is 2.35 bits per heavy atom. The van der Waals surface area contributed by atoms with E-state index in [1.54, 1.807) is 30.2 Å². The number of carbonyl (C=O) groups is 2. The van der Waals surface area contributed by atoms with Crippen molar-refractivity contribution in [1.29, 1.82) is 0 Å². The molecular weight excluding hydrogens is 725 g/mol. The summed E-state index contributed by atoms with van der Waals surface area (Å²) in [5.74, 6) is 0.418. The third kappa shape index (κ3) is 8.73. The van der Waals surface area contributed by atoms with Gasteiger partial charge < -0.3 is 19.5 Å². The van der Waals surface area contributed by atoms with Gasteiger partial charge in [-0.05, 0) is 91.7 Å². The number of alkyl carbamates (subject to hydrolysis) is 1. The third-order valence-corrected chi connectivity index (χ3v) is 11.2. The van der Waals surface area contributed by atoms with E-state index < -0.39 is 24.2 Å². The van der Waals surface area contributed by atoms with Gasteiger partial charge in [-0.3, -0.25) is 9.58 Å². The molecule has 3 fully saturated rings. The second-order valence-electron chi connectivity index (χ2n) is 14.1. The van der Waals surface area contributed by atoms with Crippen LogP contribution in [0.3, 0.4) is 0 Å². The summed E-state index contributed by atoms with van der Waals surface area (Å²) >= 11 is 13.0. The molecule has 280 valence electrons. The van der Waals surface area contributed by atoms with Crippen LogP contribution in [0, 0.1) is 19.8 Å². The number of benzene rings is 3. The summed E-state index contributed by atoms with van der Waals surface area (Å²) in [6, 6.07) is 24.6. The molecule has 0 radical (unpaired) electrons. The Kier molecular flexibility index (Phi) is 11.5. The molecule has 2 N–H and O–H groups in total. The number of ether oxygens (including phenoxy) is 3. The second-order valence-corrected chi connectivity index (χ2v) is 15.0. The highest BCUT2D eigenvalue weighted by atomic mass is 35.5. The first kappa shape index (κ1) is 37.4.